The normalized spacial score (nSPS) is 53.8. The van der Waals surface area contributed by atoms with E-state index in [4.69, 9.17) is 4.74 Å². The maximum atomic E-state index is 13.5. The first-order chi connectivity index (χ1) is 15.8. The van der Waals surface area contributed by atoms with Crippen LogP contribution in [0.15, 0.2) is 0 Å². The molecule has 2 aliphatic heterocycles. The van der Waals surface area contributed by atoms with Crippen molar-refractivity contribution >= 4 is 11.8 Å². The van der Waals surface area contributed by atoms with Gasteiger partial charge in [0.2, 0.25) is 0 Å². The molecule has 0 amide bonds. The molecule has 0 N–H and O–H groups in total. The van der Waals surface area contributed by atoms with Crippen LogP contribution in [0.2, 0.25) is 0 Å². The van der Waals surface area contributed by atoms with E-state index in [1.807, 2.05) is 0 Å². The number of Topliss-reactive ketones (excluding diaryl/α,β-unsaturated/α-hetero) is 1. The lowest BCUT2D eigenvalue weighted by molar-refractivity contribution is -0.160. The van der Waals surface area contributed by atoms with E-state index in [0.29, 0.717) is 17.6 Å². The molecule has 0 aromatic carbocycles. The van der Waals surface area contributed by atoms with Gasteiger partial charge in [0, 0.05) is 38.4 Å². The summed E-state index contributed by atoms with van der Waals surface area (Å²) in [7, 11) is 0. The molecule has 0 unspecified atom stereocenters. The second-order valence-corrected chi connectivity index (χ2v) is 13.5. The zero-order chi connectivity index (χ0) is 23.1. The molecule has 0 bridgehead atoms. The van der Waals surface area contributed by atoms with Crippen LogP contribution in [-0.2, 0) is 14.3 Å². The number of hydrogen-bond donors (Lipinski definition) is 0. The molecule has 184 valence electrons. The predicted octanol–water partition coefficient (Wildman–Crippen LogP) is 5.34. The summed E-state index contributed by atoms with van der Waals surface area (Å²) in [5.74, 6) is 6.74. The Morgan fingerprint density at radius 1 is 0.939 bits per heavy atom. The van der Waals surface area contributed by atoms with Gasteiger partial charge in [0.25, 0.3) is 0 Å². The van der Waals surface area contributed by atoms with Crippen molar-refractivity contribution in [1.29, 1.82) is 0 Å². The monoisotopic (exact) mass is 455 g/mol. The Labute approximate surface area is 200 Å². The van der Waals surface area contributed by atoms with Gasteiger partial charge in [-0.2, -0.15) is 0 Å². The number of nitrogens with zero attached hydrogens (tertiary/aromatic N) is 1. The lowest BCUT2D eigenvalue weighted by Crippen LogP contribution is -2.58. The van der Waals surface area contributed by atoms with E-state index in [1.54, 1.807) is 0 Å². The van der Waals surface area contributed by atoms with E-state index < -0.39 is 0 Å². The molecule has 12 atom stereocenters. The molecule has 6 rings (SSSR count). The van der Waals surface area contributed by atoms with Gasteiger partial charge in [0.1, 0.15) is 11.9 Å². The summed E-state index contributed by atoms with van der Waals surface area (Å²) in [6.07, 6.45) is 10.5. The van der Waals surface area contributed by atoms with Gasteiger partial charge in [0.15, 0.2) is 0 Å². The van der Waals surface area contributed by atoms with Crippen LogP contribution in [0.1, 0.15) is 85.5 Å². The molecule has 2 saturated heterocycles. The highest BCUT2D eigenvalue weighted by Crippen LogP contribution is 2.66. The SMILES string of the molecule is CC(=O)O[C@H]1CC[C@@]2(C)[C@H](C1)C(=O)C[C@H]1[C@@H]3CC[C@@H]4[C@@H](C)[C@H]5CC[C@H](C)CN5C[C@H]4[C@@H]3C[C@@H]12. The highest BCUT2D eigenvalue weighted by atomic mass is 16.5. The van der Waals surface area contributed by atoms with Crippen molar-refractivity contribution < 1.29 is 14.3 Å². The zero-order valence-corrected chi connectivity index (χ0v) is 21.3. The molecule has 4 saturated carbocycles. The lowest BCUT2D eigenvalue weighted by atomic mass is 9.51. The minimum atomic E-state index is -0.195. The fraction of sp³-hybridized carbons (Fsp3) is 0.931. The van der Waals surface area contributed by atoms with Crippen LogP contribution in [0.5, 0.6) is 0 Å². The zero-order valence-electron chi connectivity index (χ0n) is 21.3. The fourth-order valence-corrected chi connectivity index (χ4v) is 10.7. The number of piperidine rings is 2. The quantitative estimate of drug-likeness (QED) is 0.501. The number of hydrogen-bond acceptors (Lipinski definition) is 4. The molecule has 4 nitrogen and oxygen atoms in total. The third-order valence-electron chi connectivity index (χ3n) is 12.1. The highest BCUT2D eigenvalue weighted by Gasteiger charge is 2.63. The molecule has 6 fully saturated rings. The summed E-state index contributed by atoms with van der Waals surface area (Å²) in [4.78, 5) is 27.9. The van der Waals surface area contributed by atoms with Crippen LogP contribution >= 0.6 is 0 Å². The number of carbonyl (C=O) groups is 2. The van der Waals surface area contributed by atoms with Crippen molar-refractivity contribution in [2.24, 2.45) is 58.7 Å². The first kappa shape index (κ1) is 22.6. The molecule has 0 radical (unpaired) electrons. The predicted molar refractivity (Wildman–Crippen MR) is 128 cm³/mol. The first-order valence-corrected chi connectivity index (χ1v) is 14.2. The summed E-state index contributed by atoms with van der Waals surface area (Å²) < 4.78 is 5.58. The Hall–Kier alpha value is -0.900. The topological polar surface area (TPSA) is 46.6 Å². The Bertz CT molecular complexity index is 809. The molecule has 0 aromatic heterocycles. The maximum absolute atomic E-state index is 13.5. The molecule has 6 aliphatic rings. The number of esters is 1. The second kappa shape index (κ2) is 8.07. The van der Waals surface area contributed by atoms with Crippen LogP contribution in [0, 0.1) is 58.7 Å². The minimum Gasteiger partial charge on any atom is -0.463 e. The molecular formula is C29H45NO3. The molecule has 33 heavy (non-hydrogen) atoms. The Morgan fingerprint density at radius 2 is 1.73 bits per heavy atom. The fourth-order valence-electron chi connectivity index (χ4n) is 10.7. The lowest BCUT2D eigenvalue weighted by Gasteiger charge is -2.56. The summed E-state index contributed by atoms with van der Waals surface area (Å²) in [5, 5.41) is 0. The van der Waals surface area contributed by atoms with Crippen molar-refractivity contribution in [3.05, 3.63) is 0 Å². The van der Waals surface area contributed by atoms with Crippen molar-refractivity contribution in [3.63, 3.8) is 0 Å². The largest absolute Gasteiger partial charge is 0.463 e. The number of fused-ring (bicyclic) bond motifs is 8. The highest BCUT2D eigenvalue weighted by molar-refractivity contribution is 5.83. The van der Waals surface area contributed by atoms with Gasteiger partial charge >= 0.3 is 5.97 Å². The van der Waals surface area contributed by atoms with E-state index in [0.717, 1.165) is 67.2 Å². The summed E-state index contributed by atoms with van der Waals surface area (Å²) >= 11 is 0. The number of ether oxygens (including phenoxy) is 1. The van der Waals surface area contributed by atoms with Gasteiger partial charge in [-0.05, 0) is 104 Å². The summed E-state index contributed by atoms with van der Waals surface area (Å²) in [6.45, 7) is 11.6. The average Bonchev–Trinajstić information content (AvgIpc) is 3.14. The van der Waals surface area contributed by atoms with E-state index in [9.17, 15) is 9.59 Å². The van der Waals surface area contributed by atoms with E-state index in [1.165, 1.54) is 52.1 Å². The van der Waals surface area contributed by atoms with Crippen molar-refractivity contribution in [1.82, 2.24) is 4.90 Å². The van der Waals surface area contributed by atoms with Crippen molar-refractivity contribution in [2.45, 2.75) is 97.6 Å². The van der Waals surface area contributed by atoms with Crippen LogP contribution in [0.3, 0.4) is 0 Å². The van der Waals surface area contributed by atoms with E-state index in [2.05, 4.69) is 25.7 Å². The average molecular weight is 456 g/mol. The van der Waals surface area contributed by atoms with E-state index >= 15 is 0 Å². The third kappa shape index (κ3) is 3.47. The van der Waals surface area contributed by atoms with Gasteiger partial charge in [-0.1, -0.05) is 20.8 Å². The van der Waals surface area contributed by atoms with Crippen LogP contribution in [0.4, 0.5) is 0 Å². The number of carbonyl (C=O) groups excluding carboxylic acids is 2. The number of rotatable bonds is 1. The molecular weight excluding hydrogens is 410 g/mol. The van der Waals surface area contributed by atoms with Crippen LogP contribution in [-0.4, -0.2) is 41.9 Å². The Kier molecular flexibility index (Phi) is 5.51. The maximum Gasteiger partial charge on any atom is 0.302 e. The standard InChI is InChI=1S/C29H45NO3/c1-16-5-8-27-17(2)20-6-7-21-22(24(20)15-30(27)14-16)12-25-23(21)13-28(32)26-11-19(33-18(3)31)9-10-29(25,26)4/h16-17,19-27H,5-15H2,1-4H3/t16-,17+,19-,20+,21+,22+,23-,24+,25-,26+,27+,29+/m0/s1. The van der Waals surface area contributed by atoms with Crippen molar-refractivity contribution in [2.75, 3.05) is 13.1 Å². The van der Waals surface area contributed by atoms with Gasteiger partial charge in [-0.25, -0.2) is 0 Å². The molecule has 4 heteroatoms. The Morgan fingerprint density at radius 3 is 2.52 bits per heavy atom. The summed E-state index contributed by atoms with van der Waals surface area (Å²) in [5.41, 5.74) is 0.117. The van der Waals surface area contributed by atoms with Gasteiger partial charge in [-0.3, -0.25) is 14.5 Å². The molecule has 0 aromatic rings. The third-order valence-corrected chi connectivity index (χ3v) is 12.1. The van der Waals surface area contributed by atoms with Crippen LogP contribution < -0.4 is 0 Å². The number of ketones is 1. The summed E-state index contributed by atoms with van der Waals surface area (Å²) in [6, 6.07) is 0.822. The molecule has 0 spiro atoms. The van der Waals surface area contributed by atoms with Crippen LogP contribution in [0.25, 0.3) is 0 Å². The minimum absolute atomic E-state index is 0.0497. The molecule has 4 aliphatic carbocycles. The smallest absolute Gasteiger partial charge is 0.302 e. The van der Waals surface area contributed by atoms with Gasteiger partial charge < -0.3 is 4.74 Å². The van der Waals surface area contributed by atoms with E-state index in [-0.39, 0.29) is 23.4 Å². The molecule has 2 heterocycles. The van der Waals surface area contributed by atoms with Crippen molar-refractivity contribution in [3.8, 4) is 0 Å². The van der Waals surface area contributed by atoms with Gasteiger partial charge in [0.05, 0.1) is 0 Å². The Balaban J connectivity index is 1.24. The van der Waals surface area contributed by atoms with Gasteiger partial charge in [-0.15, -0.1) is 0 Å². The second-order valence-electron chi connectivity index (χ2n) is 13.5. The first-order valence-electron chi connectivity index (χ1n) is 14.2.